The van der Waals surface area contributed by atoms with Crippen molar-refractivity contribution in [2.24, 2.45) is 0 Å². The fourth-order valence-electron chi connectivity index (χ4n) is 1.52. The van der Waals surface area contributed by atoms with E-state index >= 15 is 0 Å². The molecule has 1 aromatic heterocycles. The number of para-hydroxylation sites is 2. The van der Waals surface area contributed by atoms with Gasteiger partial charge in [-0.25, -0.2) is 13.4 Å². The monoisotopic (exact) mass is 326 g/mol. The Morgan fingerprint density at radius 1 is 1.19 bits per heavy atom. The number of carbonyl (C=O) groups is 1. The Balaban J connectivity index is 2.26. The minimum absolute atomic E-state index is 0.0247. The number of hydrogen-bond acceptors (Lipinski definition) is 5. The lowest BCUT2D eigenvalue weighted by Crippen LogP contribution is -2.17. The molecule has 0 spiro atoms. The van der Waals surface area contributed by atoms with Crippen molar-refractivity contribution in [3.63, 3.8) is 0 Å². The molecule has 0 aliphatic rings. The van der Waals surface area contributed by atoms with Crippen LogP contribution in [0.1, 0.15) is 10.5 Å². The molecule has 2 aromatic rings. The Kier molecular flexibility index (Phi) is 4.39. The number of hydrogen-bond donors (Lipinski definition) is 2. The molecule has 2 rings (SSSR count). The van der Waals surface area contributed by atoms with Gasteiger partial charge in [0.25, 0.3) is 5.91 Å². The van der Waals surface area contributed by atoms with Gasteiger partial charge in [0.15, 0.2) is 0 Å². The summed E-state index contributed by atoms with van der Waals surface area (Å²) in [5, 5.41) is 2.64. The summed E-state index contributed by atoms with van der Waals surface area (Å²) >= 11 is 5.67. The fourth-order valence-corrected chi connectivity index (χ4v) is 2.24. The van der Waals surface area contributed by atoms with Crippen molar-refractivity contribution in [3.05, 3.63) is 47.5 Å². The Hall–Kier alpha value is -2.19. The summed E-state index contributed by atoms with van der Waals surface area (Å²) in [6.07, 6.45) is 3.58. The van der Waals surface area contributed by atoms with Gasteiger partial charge < -0.3 is 5.32 Å². The van der Waals surface area contributed by atoms with Crippen molar-refractivity contribution in [3.8, 4) is 0 Å². The zero-order valence-electron chi connectivity index (χ0n) is 10.9. The summed E-state index contributed by atoms with van der Waals surface area (Å²) in [5.41, 5.74) is 0.578. The molecule has 0 saturated heterocycles. The second kappa shape index (κ2) is 6.06. The molecule has 0 radical (unpaired) electrons. The van der Waals surface area contributed by atoms with Gasteiger partial charge in [-0.2, -0.15) is 0 Å². The summed E-state index contributed by atoms with van der Waals surface area (Å²) in [6.45, 7) is 0. The Morgan fingerprint density at radius 2 is 1.86 bits per heavy atom. The first-order chi connectivity index (χ1) is 9.85. The highest BCUT2D eigenvalue weighted by molar-refractivity contribution is 7.92. The summed E-state index contributed by atoms with van der Waals surface area (Å²) in [7, 11) is -3.46. The smallest absolute Gasteiger partial charge is 0.275 e. The van der Waals surface area contributed by atoms with Crippen LogP contribution >= 0.6 is 11.6 Å². The predicted molar refractivity (Wildman–Crippen MR) is 79.9 cm³/mol. The lowest BCUT2D eigenvalue weighted by atomic mass is 10.2. The van der Waals surface area contributed by atoms with E-state index in [4.69, 9.17) is 11.6 Å². The Labute approximate surface area is 126 Å². The third kappa shape index (κ3) is 4.40. The number of nitrogens with zero attached hydrogens (tertiary/aromatic N) is 2. The first-order valence-corrected chi connectivity index (χ1v) is 7.98. The summed E-state index contributed by atoms with van der Waals surface area (Å²) in [6, 6.07) is 6.39. The van der Waals surface area contributed by atoms with Gasteiger partial charge in [-0.15, -0.1) is 0 Å². The third-order valence-corrected chi connectivity index (χ3v) is 3.08. The van der Waals surface area contributed by atoms with E-state index in [1.165, 1.54) is 18.5 Å². The van der Waals surface area contributed by atoms with Gasteiger partial charge >= 0.3 is 0 Å². The molecule has 21 heavy (non-hydrogen) atoms. The van der Waals surface area contributed by atoms with Crippen molar-refractivity contribution >= 4 is 38.9 Å². The maximum absolute atomic E-state index is 12.0. The van der Waals surface area contributed by atoms with Crippen molar-refractivity contribution in [2.75, 3.05) is 16.3 Å². The number of anilines is 2. The van der Waals surface area contributed by atoms with Gasteiger partial charge in [-0.1, -0.05) is 23.7 Å². The highest BCUT2D eigenvalue weighted by atomic mass is 35.5. The number of sulfonamides is 1. The quantitative estimate of drug-likeness (QED) is 0.891. The highest BCUT2D eigenvalue weighted by Gasteiger charge is 2.12. The van der Waals surface area contributed by atoms with Crippen LogP contribution in [0, 0.1) is 0 Å². The number of halogens is 1. The van der Waals surface area contributed by atoms with E-state index in [1.54, 1.807) is 18.2 Å². The number of amides is 1. The molecule has 0 saturated carbocycles. The molecule has 0 unspecified atom stereocenters. The van der Waals surface area contributed by atoms with Crippen molar-refractivity contribution in [1.29, 1.82) is 0 Å². The minimum Gasteiger partial charge on any atom is -0.319 e. The topological polar surface area (TPSA) is 101 Å². The third-order valence-electron chi connectivity index (χ3n) is 2.31. The molecule has 0 bridgehead atoms. The maximum atomic E-state index is 12.0. The van der Waals surface area contributed by atoms with Gasteiger partial charge in [-0.3, -0.25) is 14.5 Å². The Morgan fingerprint density at radius 3 is 2.48 bits per heavy atom. The van der Waals surface area contributed by atoms with Crippen LogP contribution in [0.2, 0.25) is 5.15 Å². The van der Waals surface area contributed by atoms with Gasteiger partial charge in [0.1, 0.15) is 10.8 Å². The zero-order chi connectivity index (χ0) is 15.5. The van der Waals surface area contributed by atoms with Crippen molar-refractivity contribution < 1.29 is 13.2 Å². The molecular formula is C12H11ClN4O3S. The average Bonchev–Trinajstić information content (AvgIpc) is 2.39. The van der Waals surface area contributed by atoms with Gasteiger partial charge in [-0.05, 0) is 12.1 Å². The summed E-state index contributed by atoms with van der Waals surface area (Å²) in [5.74, 6) is -0.548. The van der Waals surface area contributed by atoms with Crippen LogP contribution < -0.4 is 10.0 Å². The zero-order valence-corrected chi connectivity index (χ0v) is 12.4. The number of rotatable bonds is 4. The standard InChI is InChI=1S/C12H11ClN4O3S/c1-21(19,20)17-9-5-3-2-4-8(9)16-12(18)10-6-14-7-11(13)15-10/h2-7,17H,1H3,(H,16,18). The second-order valence-corrected chi connectivity index (χ2v) is 6.24. The Bertz CT molecular complexity index is 780. The van der Waals surface area contributed by atoms with Crippen LogP contribution in [0.25, 0.3) is 0 Å². The average molecular weight is 327 g/mol. The lowest BCUT2D eigenvalue weighted by molar-refractivity contribution is 0.102. The number of nitrogens with one attached hydrogen (secondary N) is 2. The van der Waals surface area contributed by atoms with E-state index in [1.807, 2.05) is 0 Å². The molecular weight excluding hydrogens is 316 g/mol. The van der Waals surface area contributed by atoms with Crippen molar-refractivity contribution in [1.82, 2.24) is 9.97 Å². The van der Waals surface area contributed by atoms with Gasteiger partial charge in [0.05, 0.1) is 30.0 Å². The molecule has 9 heteroatoms. The molecule has 0 fully saturated rings. The molecule has 0 aliphatic heterocycles. The van der Waals surface area contributed by atoms with Crippen LogP contribution in [0.5, 0.6) is 0 Å². The van der Waals surface area contributed by atoms with E-state index in [0.717, 1.165) is 6.26 Å². The number of aromatic nitrogens is 2. The van der Waals surface area contributed by atoms with Crippen LogP contribution in [0.3, 0.4) is 0 Å². The summed E-state index contributed by atoms with van der Waals surface area (Å²) < 4.78 is 24.9. The van der Waals surface area contributed by atoms with Gasteiger partial charge in [0, 0.05) is 0 Å². The highest BCUT2D eigenvalue weighted by Crippen LogP contribution is 2.22. The second-order valence-electron chi connectivity index (χ2n) is 4.10. The molecule has 7 nitrogen and oxygen atoms in total. The van der Waals surface area contributed by atoms with E-state index in [0.29, 0.717) is 5.69 Å². The molecule has 1 heterocycles. The number of carbonyl (C=O) groups excluding carboxylic acids is 1. The normalized spacial score (nSPS) is 11.0. The largest absolute Gasteiger partial charge is 0.319 e. The lowest BCUT2D eigenvalue weighted by Gasteiger charge is -2.11. The predicted octanol–water partition coefficient (Wildman–Crippen LogP) is 1.75. The minimum atomic E-state index is -3.46. The first-order valence-electron chi connectivity index (χ1n) is 5.71. The molecule has 0 aliphatic carbocycles. The summed E-state index contributed by atoms with van der Waals surface area (Å²) in [4.78, 5) is 19.6. The maximum Gasteiger partial charge on any atom is 0.275 e. The number of benzene rings is 1. The molecule has 1 aromatic carbocycles. The van der Waals surface area contributed by atoms with Crippen LogP contribution in [-0.2, 0) is 10.0 Å². The molecule has 0 atom stereocenters. The van der Waals surface area contributed by atoms with Crippen LogP contribution in [0.4, 0.5) is 11.4 Å². The van der Waals surface area contributed by atoms with E-state index in [9.17, 15) is 13.2 Å². The van der Waals surface area contributed by atoms with Gasteiger partial charge in [0.2, 0.25) is 10.0 Å². The first kappa shape index (κ1) is 15.2. The van der Waals surface area contributed by atoms with E-state index < -0.39 is 15.9 Å². The van der Waals surface area contributed by atoms with E-state index in [-0.39, 0.29) is 16.5 Å². The van der Waals surface area contributed by atoms with E-state index in [2.05, 4.69) is 20.0 Å². The molecule has 110 valence electrons. The molecule has 2 N–H and O–H groups in total. The molecule has 1 amide bonds. The fraction of sp³-hybridized carbons (Fsp3) is 0.0833. The van der Waals surface area contributed by atoms with Crippen LogP contribution in [-0.4, -0.2) is 30.5 Å². The van der Waals surface area contributed by atoms with Crippen LogP contribution in [0.15, 0.2) is 36.7 Å². The SMILES string of the molecule is CS(=O)(=O)Nc1ccccc1NC(=O)c1cncc(Cl)n1. The van der Waals surface area contributed by atoms with Crippen molar-refractivity contribution in [2.45, 2.75) is 0 Å².